The first-order valence-corrected chi connectivity index (χ1v) is 6.51. The quantitative estimate of drug-likeness (QED) is 0.668. The van der Waals surface area contributed by atoms with E-state index in [1.165, 1.54) is 6.08 Å². The average Bonchev–Trinajstić information content (AvgIpc) is 2.48. The number of amides is 1. The van der Waals surface area contributed by atoms with Gasteiger partial charge in [-0.1, -0.05) is 18.2 Å². The zero-order chi connectivity index (χ0) is 15.2. The van der Waals surface area contributed by atoms with Gasteiger partial charge >= 0.3 is 0 Å². The lowest BCUT2D eigenvalue weighted by atomic mass is 10.2. The van der Waals surface area contributed by atoms with Crippen LogP contribution >= 0.6 is 0 Å². The van der Waals surface area contributed by atoms with E-state index < -0.39 is 0 Å². The number of nitrogens with one attached hydrogen (secondary N) is 1. The Kier molecular flexibility index (Phi) is 4.61. The number of benzene rings is 2. The molecule has 0 saturated carbocycles. The van der Waals surface area contributed by atoms with Gasteiger partial charge in [0, 0.05) is 6.08 Å². The molecule has 0 aliphatic heterocycles. The summed E-state index contributed by atoms with van der Waals surface area (Å²) in [5.41, 5.74) is 2.21. The molecule has 0 radical (unpaired) electrons. The monoisotopic (exact) mass is 283 g/mol. The second kappa shape index (κ2) is 6.61. The number of anilines is 1. The summed E-state index contributed by atoms with van der Waals surface area (Å²) in [5, 5.41) is 12.4. The van der Waals surface area contributed by atoms with E-state index >= 15 is 0 Å². The van der Waals surface area contributed by atoms with Crippen molar-refractivity contribution in [1.29, 1.82) is 0 Å². The van der Waals surface area contributed by atoms with Crippen molar-refractivity contribution in [3.63, 3.8) is 0 Å². The Bertz CT molecular complexity index is 660. The van der Waals surface area contributed by atoms with Crippen molar-refractivity contribution >= 4 is 17.7 Å². The minimum absolute atomic E-state index is 0.0567. The predicted molar refractivity (Wildman–Crippen MR) is 83.5 cm³/mol. The van der Waals surface area contributed by atoms with Crippen LogP contribution in [0.2, 0.25) is 0 Å². The molecule has 0 heterocycles. The molecule has 2 N–H and O–H groups in total. The first kappa shape index (κ1) is 14.7. The Morgan fingerprint density at radius 1 is 1.19 bits per heavy atom. The van der Waals surface area contributed by atoms with Gasteiger partial charge in [-0.15, -0.1) is 0 Å². The lowest BCUT2D eigenvalue weighted by Gasteiger charge is -2.05. The van der Waals surface area contributed by atoms with E-state index in [0.717, 1.165) is 16.9 Å². The van der Waals surface area contributed by atoms with E-state index in [0.29, 0.717) is 5.69 Å². The predicted octanol–water partition coefficient (Wildman–Crippen LogP) is 3.36. The number of ether oxygens (including phenoxy) is 1. The van der Waals surface area contributed by atoms with Gasteiger partial charge in [0.25, 0.3) is 0 Å². The lowest BCUT2D eigenvalue weighted by Crippen LogP contribution is -2.07. The first-order chi connectivity index (χ1) is 10.1. The largest absolute Gasteiger partial charge is 0.506 e. The van der Waals surface area contributed by atoms with Gasteiger partial charge in [-0.3, -0.25) is 4.79 Å². The number of carbonyl (C=O) groups is 1. The maximum Gasteiger partial charge on any atom is 0.248 e. The summed E-state index contributed by atoms with van der Waals surface area (Å²) < 4.78 is 5.07. The number of rotatable bonds is 4. The Morgan fingerprint density at radius 3 is 2.52 bits per heavy atom. The Morgan fingerprint density at radius 2 is 1.90 bits per heavy atom. The van der Waals surface area contributed by atoms with Crippen molar-refractivity contribution in [1.82, 2.24) is 0 Å². The van der Waals surface area contributed by atoms with Crippen molar-refractivity contribution in [2.75, 3.05) is 12.4 Å². The molecule has 1 amide bonds. The normalized spacial score (nSPS) is 10.6. The van der Waals surface area contributed by atoms with E-state index in [2.05, 4.69) is 5.32 Å². The highest BCUT2D eigenvalue weighted by Crippen LogP contribution is 2.23. The van der Waals surface area contributed by atoms with E-state index in [4.69, 9.17) is 4.74 Å². The van der Waals surface area contributed by atoms with Crippen LogP contribution in [0.25, 0.3) is 6.08 Å². The SMILES string of the molecule is COc1ccc(C=CC(=O)Nc2ccc(C)cc2O)cc1. The van der Waals surface area contributed by atoms with Crippen molar-refractivity contribution in [2.45, 2.75) is 6.92 Å². The Balaban J connectivity index is 2.01. The van der Waals surface area contributed by atoms with Crippen LogP contribution in [-0.2, 0) is 4.79 Å². The number of carbonyl (C=O) groups excluding carboxylic acids is 1. The molecule has 2 aromatic carbocycles. The molecule has 4 heteroatoms. The molecular weight excluding hydrogens is 266 g/mol. The fourth-order valence-corrected chi connectivity index (χ4v) is 1.81. The van der Waals surface area contributed by atoms with E-state index in [-0.39, 0.29) is 11.7 Å². The molecule has 0 atom stereocenters. The van der Waals surface area contributed by atoms with Crippen LogP contribution in [0, 0.1) is 6.92 Å². The van der Waals surface area contributed by atoms with Crippen molar-refractivity contribution in [3.8, 4) is 11.5 Å². The zero-order valence-electron chi connectivity index (χ0n) is 12.0. The third kappa shape index (κ3) is 4.11. The highest BCUT2D eigenvalue weighted by atomic mass is 16.5. The van der Waals surface area contributed by atoms with Crippen LogP contribution in [0.5, 0.6) is 11.5 Å². The van der Waals surface area contributed by atoms with Gasteiger partial charge in [0.05, 0.1) is 12.8 Å². The van der Waals surface area contributed by atoms with E-state index in [9.17, 15) is 9.90 Å². The molecular formula is C17H17NO3. The van der Waals surface area contributed by atoms with Crippen molar-refractivity contribution in [2.24, 2.45) is 0 Å². The molecule has 4 nitrogen and oxygen atoms in total. The minimum Gasteiger partial charge on any atom is -0.506 e. The van der Waals surface area contributed by atoms with Crippen LogP contribution in [-0.4, -0.2) is 18.1 Å². The number of hydrogen-bond acceptors (Lipinski definition) is 3. The molecule has 0 aromatic heterocycles. The summed E-state index contributed by atoms with van der Waals surface area (Å²) in [6.07, 6.45) is 3.11. The lowest BCUT2D eigenvalue weighted by molar-refractivity contribution is -0.111. The average molecular weight is 283 g/mol. The number of methoxy groups -OCH3 is 1. The van der Waals surface area contributed by atoms with Gasteiger partial charge in [0.1, 0.15) is 11.5 Å². The second-order valence-corrected chi connectivity index (χ2v) is 4.62. The minimum atomic E-state index is -0.301. The number of phenolic OH excluding ortho intramolecular Hbond substituents is 1. The highest BCUT2D eigenvalue weighted by molar-refractivity contribution is 6.02. The topological polar surface area (TPSA) is 58.6 Å². The Labute approximate surface area is 123 Å². The fraction of sp³-hybridized carbons (Fsp3) is 0.118. The van der Waals surface area contributed by atoms with E-state index in [1.807, 2.05) is 37.3 Å². The third-order valence-electron chi connectivity index (χ3n) is 2.95. The molecule has 21 heavy (non-hydrogen) atoms. The van der Waals surface area contributed by atoms with E-state index in [1.54, 1.807) is 25.3 Å². The van der Waals surface area contributed by atoms with Crippen LogP contribution < -0.4 is 10.1 Å². The molecule has 2 rings (SSSR count). The molecule has 108 valence electrons. The molecule has 0 fully saturated rings. The number of aryl methyl sites for hydroxylation is 1. The van der Waals surface area contributed by atoms with Gasteiger partial charge < -0.3 is 15.2 Å². The maximum absolute atomic E-state index is 11.8. The first-order valence-electron chi connectivity index (χ1n) is 6.51. The summed E-state index contributed by atoms with van der Waals surface area (Å²) in [5.74, 6) is 0.521. The number of aromatic hydroxyl groups is 1. The summed E-state index contributed by atoms with van der Waals surface area (Å²) in [4.78, 5) is 11.8. The Hall–Kier alpha value is -2.75. The third-order valence-corrected chi connectivity index (χ3v) is 2.95. The van der Waals surface area contributed by atoms with Gasteiger partial charge in [0.15, 0.2) is 0 Å². The standard InChI is InChI=1S/C17H17NO3/c1-12-3-9-15(16(19)11-12)18-17(20)10-6-13-4-7-14(21-2)8-5-13/h3-11,19H,1-2H3,(H,18,20). The highest BCUT2D eigenvalue weighted by Gasteiger charge is 2.03. The molecule has 0 unspecified atom stereocenters. The summed E-state index contributed by atoms with van der Waals surface area (Å²) >= 11 is 0. The van der Waals surface area contributed by atoms with Crippen LogP contribution in [0.15, 0.2) is 48.5 Å². The van der Waals surface area contributed by atoms with Gasteiger partial charge in [-0.2, -0.15) is 0 Å². The zero-order valence-corrected chi connectivity index (χ0v) is 12.0. The van der Waals surface area contributed by atoms with Crippen LogP contribution in [0.4, 0.5) is 5.69 Å². The van der Waals surface area contributed by atoms with Gasteiger partial charge in [-0.05, 0) is 48.4 Å². The smallest absolute Gasteiger partial charge is 0.248 e. The molecule has 0 spiro atoms. The fourth-order valence-electron chi connectivity index (χ4n) is 1.81. The van der Waals surface area contributed by atoms with Crippen LogP contribution in [0.3, 0.4) is 0 Å². The van der Waals surface area contributed by atoms with Crippen LogP contribution in [0.1, 0.15) is 11.1 Å². The summed E-state index contributed by atoms with van der Waals surface area (Å²) in [7, 11) is 1.60. The number of phenols is 1. The van der Waals surface area contributed by atoms with Crippen molar-refractivity contribution < 1.29 is 14.6 Å². The summed E-state index contributed by atoms with van der Waals surface area (Å²) in [6, 6.07) is 12.4. The second-order valence-electron chi connectivity index (χ2n) is 4.62. The van der Waals surface area contributed by atoms with Crippen molar-refractivity contribution in [3.05, 3.63) is 59.7 Å². The van der Waals surface area contributed by atoms with Gasteiger partial charge in [-0.25, -0.2) is 0 Å². The maximum atomic E-state index is 11.8. The van der Waals surface area contributed by atoms with Gasteiger partial charge in [0.2, 0.25) is 5.91 Å². The molecule has 2 aromatic rings. The number of hydrogen-bond donors (Lipinski definition) is 2. The summed E-state index contributed by atoms with van der Waals surface area (Å²) in [6.45, 7) is 1.87. The molecule has 0 aliphatic carbocycles. The molecule has 0 aliphatic rings. The molecule has 0 saturated heterocycles. The molecule has 0 bridgehead atoms.